The molecule has 0 radical (unpaired) electrons. The number of halogens is 3. The summed E-state index contributed by atoms with van der Waals surface area (Å²) in [5.41, 5.74) is -1.43. The van der Waals surface area contributed by atoms with Crippen molar-refractivity contribution in [3.8, 4) is 0 Å². The summed E-state index contributed by atoms with van der Waals surface area (Å²) >= 11 is 0. The van der Waals surface area contributed by atoms with Gasteiger partial charge >= 0.3 is 18.2 Å². The number of rotatable bonds is 0. The third-order valence-corrected chi connectivity index (χ3v) is 4.10. The molecule has 0 aromatic heterocycles. The topological polar surface area (TPSA) is 59.1 Å². The minimum atomic E-state index is -4.88. The molecule has 0 bridgehead atoms. The normalized spacial score (nSPS) is 21.8. The number of hydrogen-bond acceptors (Lipinski definition) is 4. The Labute approximate surface area is 138 Å². The minimum absolute atomic E-state index is 0.0637. The Hall–Kier alpha value is -1.51. The molecule has 0 N–H and O–H groups in total. The summed E-state index contributed by atoms with van der Waals surface area (Å²) in [7, 11) is 0. The van der Waals surface area contributed by atoms with Gasteiger partial charge in [-0.2, -0.15) is 13.2 Å². The molecule has 0 atom stereocenters. The fourth-order valence-electron chi connectivity index (χ4n) is 2.92. The lowest BCUT2D eigenvalue weighted by molar-refractivity contribution is -0.200. The van der Waals surface area contributed by atoms with Crippen molar-refractivity contribution in [3.05, 3.63) is 0 Å². The van der Waals surface area contributed by atoms with Gasteiger partial charge in [-0.05, 0) is 33.6 Å². The van der Waals surface area contributed by atoms with Crippen LogP contribution in [-0.4, -0.2) is 72.0 Å². The van der Waals surface area contributed by atoms with Crippen LogP contribution in [0.3, 0.4) is 0 Å². The van der Waals surface area contributed by atoms with Crippen molar-refractivity contribution < 1.29 is 32.2 Å². The van der Waals surface area contributed by atoms with Crippen LogP contribution in [0.1, 0.15) is 33.6 Å². The van der Waals surface area contributed by atoms with Crippen LogP contribution in [0.15, 0.2) is 0 Å². The van der Waals surface area contributed by atoms with Crippen LogP contribution in [0.25, 0.3) is 0 Å². The van der Waals surface area contributed by atoms with E-state index in [-0.39, 0.29) is 19.7 Å². The molecule has 138 valence electrons. The third-order valence-electron chi connectivity index (χ3n) is 4.10. The van der Waals surface area contributed by atoms with Crippen molar-refractivity contribution in [2.75, 3.05) is 32.8 Å². The number of carbonyl (C=O) groups excluding carboxylic acids is 2. The lowest BCUT2D eigenvalue weighted by atomic mass is 9.89. The number of amides is 2. The van der Waals surface area contributed by atoms with E-state index in [1.54, 1.807) is 20.8 Å². The summed E-state index contributed by atoms with van der Waals surface area (Å²) in [4.78, 5) is 25.8. The summed E-state index contributed by atoms with van der Waals surface area (Å²) in [5, 5.41) is 0. The molecule has 0 aliphatic carbocycles. The smallest absolute Gasteiger partial charge is 0.444 e. The van der Waals surface area contributed by atoms with Gasteiger partial charge in [0.05, 0.1) is 18.8 Å². The number of nitrogens with zero attached hydrogens (tertiary/aromatic N) is 2. The molecule has 0 saturated carbocycles. The van der Waals surface area contributed by atoms with Crippen molar-refractivity contribution in [1.82, 2.24) is 9.80 Å². The van der Waals surface area contributed by atoms with Gasteiger partial charge in [0, 0.05) is 19.6 Å². The van der Waals surface area contributed by atoms with Crippen LogP contribution in [0.2, 0.25) is 0 Å². The molecule has 1 spiro atoms. The monoisotopic (exact) mass is 352 g/mol. The van der Waals surface area contributed by atoms with Crippen LogP contribution in [0, 0.1) is 0 Å². The van der Waals surface area contributed by atoms with Crippen molar-refractivity contribution in [3.63, 3.8) is 0 Å². The fourth-order valence-corrected chi connectivity index (χ4v) is 2.92. The first-order valence-electron chi connectivity index (χ1n) is 7.90. The first-order valence-corrected chi connectivity index (χ1v) is 7.90. The molecule has 2 amide bonds. The standard InChI is InChI=1S/C15H23F3N2O4/c1-13(2,3)24-12(22)19-6-4-14(5-7-19)10-20(8-9-23-14)11(21)15(16,17)18/h4-10H2,1-3H3. The summed E-state index contributed by atoms with van der Waals surface area (Å²) in [6.07, 6.45) is -4.59. The van der Waals surface area contributed by atoms with Gasteiger partial charge in [-0.15, -0.1) is 0 Å². The molecular formula is C15H23F3N2O4. The van der Waals surface area contributed by atoms with Gasteiger partial charge in [0.25, 0.3) is 0 Å². The summed E-state index contributed by atoms with van der Waals surface area (Å²) in [6, 6.07) is 0. The van der Waals surface area contributed by atoms with Gasteiger partial charge in [0.1, 0.15) is 5.60 Å². The largest absolute Gasteiger partial charge is 0.471 e. The van der Waals surface area contributed by atoms with Gasteiger partial charge in [-0.1, -0.05) is 0 Å². The van der Waals surface area contributed by atoms with E-state index in [2.05, 4.69) is 0 Å². The molecule has 2 fully saturated rings. The fraction of sp³-hybridized carbons (Fsp3) is 0.867. The highest BCUT2D eigenvalue weighted by molar-refractivity contribution is 5.82. The maximum Gasteiger partial charge on any atom is 0.471 e. The first kappa shape index (κ1) is 18.8. The van der Waals surface area contributed by atoms with E-state index < -0.39 is 29.4 Å². The van der Waals surface area contributed by atoms with Crippen LogP contribution >= 0.6 is 0 Å². The van der Waals surface area contributed by atoms with Gasteiger partial charge in [-0.3, -0.25) is 4.79 Å². The molecule has 2 aliphatic heterocycles. The molecule has 0 aromatic rings. The SMILES string of the molecule is CC(C)(C)OC(=O)N1CCC2(CC1)CN(C(=O)C(F)(F)F)CCO2. The molecule has 6 nitrogen and oxygen atoms in total. The van der Waals surface area contributed by atoms with E-state index in [1.807, 2.05) is 0 Å². The second kappa shape index (κ2) is 6.42. The van der Waals surface area contributed by atoms with Crippen LogP contribution in [0.5, 0.6) is 0 Å². The van der Waals surface area contributed by atoms with Crippen LogP contribution in [-0.2, 0) is 14.3 Å². The maximum absolute atomic E-state index is 12.6. The number of morpholine rings is 1. The average Bonchev–Trinajstić information content (AvgIpc) is 2.44. The Kier molecular flexibility index (Phi) is 5.03. The van der Waals surface area contributed by atoms with Gasteiger partial charge in [-0.25, -0.2) is 4.79 Å². The predicted molar refractivity (Wildman–Crippen MR) is 78.4 cm³/mol. The van der Waals surface area contributed by atoms with Crippen molar-refractivity contribution >= 4 is 12.0 Å². The molecule has 9 heteroatoms. The van der Waals surface area contributed by atoms with E-state index in [0.29, 0.717) is 25.9 Å². The number of hydrogen-bond donors (Lipinski definition) is 0. The van der Waals surface area contributed by atoms with Crippen LogP contribution in [0.4, 0.5) is 18.0 Å². The molecule has 2 heterocycles. The molecule has 0 unspecified atom stereocenters. The Balaban J connectivity index is 1.95. The number of piperidine rings is 1. The van der Waals surface area contributed by atoms with Crippen molar-refractivity contribution in [2.45, 2.75) is 51.0 Å². The van der Waals surface area contributed by atoms with Gasteiger partial charge < -0.3 is 19.3 Å². The van der Waals surface area contributed by atoms with Crippen LogP contribution < -0.4 is 0 Å². The number of likely N-dealkylation sites (tertiary alicyclic amines) is 1. The quantitative estimate of drug-likeness (QED) is 0.670. The third kappa shape index (κ3) is 4.52. The summed E-state index contributed by atoms with van der Waals surface area (Å²) < 4.78 is 48.8. The van der Waals surface area contributed by atoms with E-state index in [4.69, 9.17) is 9.47 Å². The highest BCUT2D eigenvalue weighted by Gasteiger charge is 2.48. The first-order chi connectivity index (χ1) is 10.9. The van der Waals surface area contributed by atoms with Gasteiger partial charge in [0.15, 0.2) is 0 Å². The zero-order chi connectivity index (χ0) is 18.2. The predicted octanol–water partition coefficient (Wildman–Crippen LogP) is 2.18. The number of alkyl halides is 3. The summed E-state index contributed by atoms with van der Waals surface area (Å²) in [5.74, 6) is -1.83. The summed E-state index contributed by atoms with van der Waals surface area (Å²) in [6.45, 7) is 5.83. The molecule has 24 heavy (non-hydrogen) atoms. The molecule has 2 aliphatic rings. The average molecular weight is 352 g/mol. The van der Waals surface area contributed by atoms with E-state index in [0.717, 1.165) is 4.90 Å². The van der Waals surface area contributed by atoms with Crippen molar-refractivity contribution in [2.24, 2.45) is 0 Å². The zero-order valence-electron chi connectivity index (χ0n) is 14.1. The Bertz CT molecular complexity index is 494. The molecule has 2 rings (SSSR count). The zero-order valence-corrected chi connectivity index (χ0v) is 14.1. The highest BCUT2D eigenvalue weighted by Crippen LogP contribution is 2.32. The Morgan fingerprint density at radius 3 is 2.12 bits per heavy atom. The number of carbonyl (C=O) groups is 2. The number of ether oxygens (including phenoxy) is 2. The Morgan fingerprint density at radius 1 is 1.04 bits per heavy atom. The second-order valence-electron chi connectivity index (χ2n) is 7.22. The molecule has 0 aromatic carbocycles. The van der Waals surface area contributed by atoms with E-state index >= 15 is 0 Å². The lowest BCUT2D eigenvalue weighted by Crippen LogP contribution is -2.60. The Morgan fingerprint density at radius 2 is 1.62 bits per heavy atom. The molecular weight excluding hydrogens is 329 g/mol. The lowest BCUT2D eigenvalue weighted by Gasteiger charge is -2.47. The van der Waals surface area contributed by atoms with Gasteiger partial charge in [0.2, 0.25) is 0 Å². The van der Waals surface area contributed by atoms with E-state index in [1.165, 1.54) is 4.90 Å². The van der Waals surface area contributed by atoms with E-state index in [9.17, 15) is 22.8 Å². The second-order valence-corrected chi connectivity index (χ2v) is 7.22. The minimum Gasteiger partial charge on any atom is -0.444 e. The highest BCUT2D eigenvalue weighted by atomic mass is 19.4. The maximum atomic E-state index is 12.6. The van der Waals surface area contributed by atoms with Crippen molar-refractivity contribution in [1.29, 1.82) is 0 Å². The molecule has 2 saturated heterocycles.